The van der Waals surface area contributed by atoms with Crippen molar-refractivity contribution in [2.45, 2.75) is 34.1 Å². The van der Waals surface area contributed by atoms with Crippen molar-refractivity contribution in [3.05, 3.63) is 23.0 Å². The molecule has 1 amide bonds. The van der Waals surface area contributed by atoms with Crippen molar-refractivity contribution in [3.8, 4) is 0 Å². The van der Waals surface area contributed by atoms with Gasteiger partial charge in [0.1, 0.15) is 0 Å². The minimum Gasteiger partial charge on any atom is -0.319 e. The SMILES string of the molecule is CC/C=C(\C)C(=O)Nc1c(C)n[nH]c1C. The Bertz CT molecular complexity index is 371. The van der Waals surface area contributed by atoms with Crippen LogP contribution in [-0.4, -0.2) is 16.1 Å². The fraction of sp³-hybridized carbons (Fsp3) is 0.455. The summed E-state index contributed by atoms with van der Waals surface area (Å²) < 4.78 is 0. The van der Waals surface area contributed by atoms with Crippen LogP contribution in [0.1, 0.15) is 31.7 Å². The van der Waals surface area contributed by atoms with Crippen molar-refractivity contribution in [1.29, 1.82) is 0 Å². The molecule has 1 aromatic rings. The predicted molar refractivity (Wildman–Crippen MR) is 60.7 cm³/mol. The third kappa shape index (κ3) is 2.68. The molecule has 4 nitrogen and oxygen atoms in total. The van der Waals surface area contributed by atoms with Gasteiger partial charge in [0.05, 0.1) is 17.1 Å². The zero-order chi connectivity index (χ0) is 11.4. The summed E-state index contributed by atoms with van der Waals surface area (Å²) in [5.41, 5.74) is 3.21. The summed E-state index contributed by atoms with van der Waals surface area (Å²) in [7, 11) is 0. The van der Waals surface area contributed by atoms with Crippen molar-refractivity contribution in [3.63, 3.8) is 0 Å². The van der Waals surface area contributed by atoms with Gasteiger partial charge in [-0.25, -0.2) is 0 Å². The number of hydrogen-bond donors (Lipinski definition) is 2. The Morgan fingerprint density at radius 3 is 2.67 bits per heavy atom. The Labute approximate surface area is 89.8 Å². The summed E-state index contributed by atoms with van der Waals surface area (Å²) in [5, 5.41) is 9.69. The lowest BCUT2D eigenvalue weighted by atomic mass is 10.2. The second-order valence-electron chi connectivity index (χ2n) is 3.56. The van der Waals surface area contributed by atoms with Gasteiger partial charge in [0.25, 0.3) is 5.91 Å². The standard InChI is InChI=1S/C11H17N3O/c1-5-6-7(2)11(15)12-10-8(3)13-14-9(10)4/h6H,5H2,1-4H3,(H,12,15)(H,13,14)/b7-6+. The van der Waals surface area contributed by atoms with E-state index >= 15 is 0 Å². The molecule has 0 saturated heterocycles. The molecule has 4 heteroatoms. The lowest BCUT2D eigenvalue weighted by Gasteiger charge is -2.04. The third-order valence-corrected chi connectivity index (χ3v) is 2.24. The van der Waals surface area contributed by atoms with Crippen LogP contribution in [0.3, 0.4) is 0 Å². The number of anilines is 1. The van der Waals surface area contributed by atoms with Crippen LogP contribution in [0.5, 0.6) is 0 Å². The number of rotatable bonds is 3. The smallest absolute Gasteiger partial charge is 0.251 e. The van der Waals surface area contributed by atoms with Crippen LogP contribution in [0.2, 0.25) is 0 Å². The Morgan fingerprint density at radius 2 is 2.20 bits per heavy atom. The van der Waals surface area contributed by atoms with Gasteiger partial charge < -0.3 is 5.32 Å². The number of aryl methyl sites for hydroxylation is 2. The van der Waals surface area contributed by atoms with Gasteiger partial charge in [-0.1, -0.05) is 13.0 Å². The minimum atomic E-state index is -0.0653. The molecule has 0 radical (unpaired) electrons. The molecule has 1 aromatic heterocycles. The van der Waals surface area contributed by atoms with Crippen molar-refractivity contribution >= 4 is 11.6 Å². The van der Waals surface area contributed by atoms with E-state index < -0.39 is 0 Å². The second-order valence-corrected chi connectivity index (χ2v) is 3.56. The highest BCUT2D eigenvalue weighted by Gasteiger charge is 2.10. The van der Waals surface area contributed by atoms with E-state index in [1.54, 1.807) is 0 Å². The number of hydrogen-bond acceptors (Lipinski definition) is 2. The number of allylic oxidation sites excluding steroid dienone is 1. The van der Waals surface area contributed by atoms with Gasteiger partial charge in [-0.05, 0) is 27.2 Å². The highest BCUT2D eigenvalue weighted by molar-refractivity contribution is 6.03. The Hall–Kier alpha value is -1.58. The summed E-state index contributed by atoms with van der Waals surface area (Å²) in [4.78, 5) is 11.7. The fourth-order valence-electron chi connectivity index (χ4n) is 1.35. The van der Waals surface area contributed by atoms with Crippen LogP contribution in [0.25, 0.3) is 0 Å². The molecule has 1 heterocycles. The van der Waals surface area contributed by atoms with E-state index in [9.17, 15) is 4.79 Å². The average molecular weight is 207 g/mol. The molecular weight excluding hydrogens is 190 g/mol. The first-order chi connectivity index (χ1) is 7.06. The van der Waals surface area contributed by atoms with Gasteiger partial charge in [0.2, 0.25) is 0 Å². The van der Waals surface area contributed by atoms with Gasteiger partial charge in [0.15, 0.2) is 0 Å². The van der Waals surface area contributed by atoms with Crippen molar-refractivity contribution in [1.82, 2.24) is 10.2 Å². The van der Waals surface area contributed by atoms with E-state index in [1.807, 2.05) is 33.8 Å². The van der Waals surface area contributed by atoms with Gasteiger partial charge in [-0.15, -0.1) is 0 Å². The summed E-state index contributed by atoms with van der Waals surface area (Å²) in [6.45, 7) is 7.56. The van der Waals surface area contributed by atoms with E-state index in [2.05, 4.69) is 15.5 Å². The molecular formula is C11H17N3O. The summed E-state index contributed by atoms with van der Waals surface area (Å²) in [5.74, 6) is -0.0653. The molecule has 0 spiro atoms. The first kappa shape index (κ1) is 11.5. The number of nitrogens with zero attached hydrogens (tertiary/aromatic N) is 1. The van der Waals surface area contributed by atoms with Gasteiger partial charge >= 0.3 is 0 Å². The fourth-order valence-corrected chi connectivity index (χ4v) is 1.35. The molecule has 0 bridgehead atoms. The molecule has 82 valence electrons. The lowest BCUT2D eigenvalue weighted by Crippen LogP contribution is -2.13. The van der Waals surface area contributed by atoms with Gasteiger partial charge in [0, 0.05) is 5.57 Å². The maximum atomic E-state index is 11.7. The Morgan fingerprint density at radius 1 is 1.53 bits per heavy atom. The number of carbonyl (C=O) groups excluding carboxylic acids is 1. The lowest BCUT2D eigenvalue weighted by molar-refractivity contribution is -0.112. The highest BCUT2D eigenvalue weighted by atomic mass is 16.1. The minimum absolute atomic E-state index is 0.0653. The first-order valence-corrected chi connectivity index (χ1v) is 5.06. The monoisotopic (exact) mass is 207 g/mol. The number of aromatic amines is 1. The van der Waals surface area contributed by atoms with Crippen molar-refractivity contribution in [2.24, 2.45) is 0 Å². The van der Waals surface area contributed by atoms with E-state index in [-0.39, 0.29) is 5.91 Å². The maximum Gasteiger partial charge on any atom is 0.251 e. The number of carbonyl (C=O) groups is 1. The zero-order valence-electron chi connectivity index (χ0n) is 9.64. The quantitative estimate of drug-likeness (QED) is 0.747. The van der Waals surface area contributed by atoms with E-state index in [4.69, 9.17) is 0 Å². The maximum absolute atomic E-state index is 11.7. The summed E-state index contributed by atoms with van der Waals surface area (Å²) in [6, 6.07) is 0. The Kier molecular flexibility index (Phi) is 3.66. The van der Waals surface area contributed by atoms with Crippen molar-refractivity contribution in [2.75, 3.05) is 5.32 Å². The summed E-state index contributed by atoms with van der Waals surface area (Å²) in [6.07, 6.45) is 2.77. The molecule has 0 aromatic carbocycles. The normalized spacial score (nSPS) is 11.6. The van der Waals surface area contributed by atoms with Crippen LogP contribution in [-0.2, 0) is 4.79 Å². The largest absolute Gasteiger partial charge is 0.319 e. The van der Waals surface area contributed by atoms with Gasteiger partial charge in [-0.2, -0.15) is 5.10 Å². The van der Waals surface area contributed by atoms with Crippen LogP contribution >= 0.6 is 0 Å². The number of nitrogens with one attached hydrogen (secondary N) is 2. The number of amides is 1. The Balaban J connectivity index is 2.79. The van der Waals surface area contributed by atoms with E-state index in [1.165, 1.54) is 0 Å². The molecule has 15 heavy (non-hydrogen) atoms. The molecule has 0 fully saturated rings. The molecule has 0 aliphatic carbocycles. The zero-order valence-corrected chi connectivity index (χ0v) is 9.64. The van der Waals surface area contributed by atoms with Gasteiger partial charge in [-0.3, -0.25) is 9.89 Å². The average Bonchev–Trinajstić information content (AvgIpc) is 2.49. The highest BCUT2D eigenvalue weighted by Crippen LogP contribution is 2.16. The molecule has 0 saturated carbocycles. The topological polar surface area (TPSA) is 57.8 Å². The molecule has 0 aliphatic rings. The van der Waals surface area contributed by atoms with Crippen LogP contribution in [0.15, 0.2) is 11.6 Å². The van der Waals surface area contributed by atoms with E-state index in [0.717, 1.165) is 29.1 Å². The molecule has 1 rings (SSSR count). The first-order valence-electron chi connectivity index (χ1n) is 5.06. The number of aromatic nitrogens is 2. The molecule has 0 atom stereocenters. The van der Waals surface area contributed by atoms with Crippen LogP contribution < -0.4 is 5.32 Å². The van der Waals surface area contributed by atoms with Crippen LogP contribution in [0.4, 0.5) is 5.69 Å². The van der Waals surface area contributed by atoms with Crippen LogP contribution in [0, 0.1) is 13.8 Å². The predicted octanol–water partition coefficient (Wildman–Crippen LogP) is 2.32. The second kappa shape index (κ2) is 4.77. The van der Waals surface area contributed by atoms with Crippen molar-refractivity contribution < 1.29 is 4.79 Å². The molecule has 2 N–H and O–H groups in total. The molecule has 0 unspecified atom stereocenters. The molecule has 0 aliphatic heterocycles. The number of H-pyrrole nitrogens is 1. The van der Waals surface area contributed by atoms with E-state index in [0.29, 0.717) is 0 Å². The summed E-state index contributed by atoms with van der Waals surface area (Å²) >= 11 is 0. The third-order valence-electron chi connectivity index (χ3n) is 2.24.